The Kier molecular flexibility index (Phi) is 3.69. The Hall–Kier alpha value is -1.06. The third-order valence-electron chi connectivity index (χ3n) is 3.17. The van der Waals surface area contributed by atoms with Crippen molar-refractivity contribution in [1.29, 1.82) is 0 Å². The molecule has 0 radical (unpaired) electrons. The standard InChI is InChI=1S/C14H21NO2/c1-11(2)17-13-6-4-3-5-12(13)14(15)7-9-16-10-8-14/h3-6,11H,7-10,15H2,1-2H3. The van der Waals surface area contributed by atoms with Crippen LogP contribution in [0.3, 0.4) is 0 Å². The van der Waals surface area contributed by atoms with Gasteiger partial charge in [0.05, 0.1) is 6.10 Å². The van der Waals surface area contributed by atoms with Gasteiger partial charge >= 0.3 is 0 Å². The van der Waals surface area contributed by atoms with Crippen LogP contribution < -0.4 is 10.5 Å². The van der Waals surface area contributed by atoms with Gasteiger partial charge in [0.1, 0.15) is 5.75 Å². The van der Waals surface area contributed by atoms with Crippen LogP contribution in [-0.4, -0.2) is 19.3 Å². The van der Waals surface area contributed by atoms with Gasteiger partial charge < -0.3 is 15.2 Å². The summed E-state index contributed by atoms with van der Waals surface area (Å²) < 4.78 is 11.2. The number of hydrogen-bond donors (Lipinski definition) is 1. The minimum atomic E-state index is -0.302. The van der Waals surface area contributed by atoms with E-state index in [-0.39, 0.29) is 11.6 Å². The van der Waals surface area contributed by atoms with Gasteiger partial charge in [-0.15, -0.1) is 0 Å². The molecule has 0 unspecified atom stereocenters. The summed E-state index contributed by atoms with van der Waals surface area (Å²) in [6, 6.07) is 8.08. The molecule has 0 amide bonds. The smallest absolute Gasteiger partial charge is 0.124 e. The molecule has 2 rings (SSSR count). The maximum absolute atomic E-state index is 6.50. The minimum Gasteiger partial charge on any atom is -0.491 e. The zero-order valence-corrected chi connectivity index (χ0v) is 10.6. The van der Waals surface area contributed by atoms with Crippen molar-refractivity contribution in [1.82, 2.24) is 0 Å². The molecule has 3 nitrogen and oxygen atoms in total. The highest BCUT2D eigenvalue weighted by Gasteiger charge is 2.32. The molecule has 1 fully saturated rings. The van der Waals surface area contributed by atoms with Gasteiger partial charge in [0.15, 0.2) is 0 Å². The molecule has 0 atom stereocenters. The van der Waals surface area contributed by atoms with Crippen molar-refractivity contribution in [3.05, 3.63) is 29.8 Å². The minimum absolute atomic E-state index is 0.166. The van der Waals surface area contributed by atoms with E-state index in [1.165, 1.54) is 0 Å². The van der Waals surface area contributed by atoms with E-state index in [9.17, 15) is 0 Å². The van der Waals surface area contributed by atoms with Gasteiger partial charge in [0, 0.05) is 24.3 Å². The van der Waals surface area contributed by atoms with E-state index in [0.29, 0.717) is 0 Å². The number of nitrogens with two attached hydrogens (primary N) is 1. The highest BCUT2D eigenvalue weighted by molar-refractivity contribution is 5.39. The van der Waals surface area contributed by atoms with E-state index < -0.39 is 0 Å². The van der Waals surface area contributed by atoms with Crippen LogP contribution in [0.1, 0.15) is 32.3 Å². The summed E-state index contributed by atoms with van der Waals surface area (Å²) in [5, 5.41) is 0. The summed E-state index contributed by atoms with van der Waals surface area (Å²) in [5.74, 6) is 0.909. The molecule has 1 heterocycles. The Balaban J connectivity index is 2.29. The lowest BCUT2D eigenvalue weighted by atomic mass is 9.83. The normalized spacial score (nSPS) is 19.3. The fraction of sp³-hybridized carbons (Fsp3) is 0.571. The molecule has 3 heteroatoms. The number of ether oxygens (including phenoxy) is 2. The van der Waals surface area contributed by atoms with Crippen LogP contribution in [0.5, 0.6) is 5.75 Å². The lowest BCUT2D eigenvalue weighted by Crippen LogP contribution is -2.42. The number of para-hydroxylation sites is 1. The molecule has 94 valence electrons. The Labute approximate surface area is 103 Å². The maximum atomic E-state index is 6.50. The summed E-state index contributed by atoms with van der Waals surface area (Å²) in [7, 11) is 0. The van der Waals surface area contributed by atoms with E-state index in [4.69, 9.17) is 15.2 Å². The molecular formula is C14H21NO2. The van der Waals surface area contributed by atoms with E-state index in [1.54, 1.807) is 0 Å². The molecule has 17 heavy (non-hydrogen) atoms. The van der Waals surface area contributed by atoms with Gasteiger partial charge in [-0.25, -0.2) is 0 Å². The molecule has 1 saturated heterocycles. The lowest BCUT2D eigenvalue weighted by Gasteiger charge is -2.35. The van der Waals surface area contributed by atoms with Crippen LogP contribution in [0.2, 0.25) is 0 Å². The zero-order chi connectivity index (χ0) is 12.3. The third-order valence-corrected chi connectivity index (χ3v) is 3.17. The number of hydrogen-bond acceptors (Lipinski definition) is 3. The summed E-state index contributed by atoms with van der Waals surface area (Å²) in [5.41, 5.74) is 7.30. The van der Waals surface area contributed by atoms with Gasteiger partial charge in [-0.2, -0.15) is 0 Å². The maximum Gasteiger partial charge on any atom is 0.124 e. The van der Waals surface area contributed by atoms with Crippen molar-refractivity contribution >= 4 is 0 Å². The molecule has 0 spiro atoms. The van der Waals surface area contributed by atoms with Crippen molar-refractivity contribution in [2.45, 2.75) is 38.3 Å². The molecule has 1 aliphatic heterocycles. The monoisotopic (exact) mass is 235 g/mol. The van der Waals surface area contributed by atoms with Crippen molar-refractivity contribution in [2.75, 3.05) is 13.2 Å². The second-order valence-electron chi connectivity index (χ2n) is 4.93. The molecule has 1 aromatic rings. The topological polar surface area (TPSA) is 44.5 Å². The molecule has 2 N–H and O–H groups in total. The quantitative estimate of drug-likeness (QED) is 0.875. The fourth-order valence-corrected chi connectivity index (χ4v) is 2.24. The van der Waals surface area contributed by atoms with Crippen molar-refractivity contribution in [2.24, 2.45) is 5.73 Å². The molecule has 1 aliphatic rings. The fourth-order valence-electron chi connectivity index (χ4n) is 2.24. The Morgan fingerprint density at radius 2 is 1.88 bits per heavy atom. The Morgan fingerprint density at radius 3 is 2.53 bits per heavy atom. The zero-order valence-electron chi connectivity index (χ0n) is 10.6. The summed E-state index contributed by atoms with van der Waals surface area (Å²) in [6.45, 7) is 5.52. The summed E-state index contributed by atoms with van der Waals surface area (Å²) >= 11 is 0. The SMILES string of the molecule is CC(C)Oc1ccccc1C1(N)CCOCC1. The van der Waals surface area contributed by atoms with Crippen LogP contribution in [0.25, 0.3) is 0 Å². The average Bonchev–Trinajstić information content (AvgIpc) is 2.30. The molecule has 0 aliphatic carbocycles. The molecular weight excluding hydrogens is 214 g/mol. The predicted octanol–water partition coefficient (Wildman–Crippen LogP) is 2.44. The van der Waals surface area contributed by atoms with Gasteiger partial charge in [-0.3, -0.25) is 0 Å². The second-order valence-corrected chi connectivity index (χ2v) is 4.93. The Morgan fingerprint density at radius 1 is 1.24 bits per heavy atom. The van der Waals surface area contributed by atoms with Crippen LogP contribution in [0.15, 0.2) is 24.3 Å². The van der Waals surface area contributed by atoms with Crippen LogP contribution in [0.4, 0.5) is 0 Å². The van der Waals surface area contributed by atoms with Gasteiger partial charge in [0.25, 0.3) is 0 Å². The molecule has 0 aromatic heterocycles. The van der Waals surface area contributed by atoms with E-state index in [1.807, 2.05) is 32.0 Å². The predicted molar refractivity (Wildman–Crippen MR) is 68.1 cm³/mol. The number of benzene rings is 1. The number of rotatable bonds is 3. The van der Waals surface area contributed by atoms with Gasteiger partial charge in [-0.1, -0.05) is 18.2 Å². The second kappa shape index (κ2) is 5.07. The van der Waals surface area contributed by atoms with Crippen LogP contribution >= 0.6 is 0 Å². The van der Waals surface area contributed by atoms with Crippen molar-refractivity contribution in [3.63, 3.8) is 0 Å². The molecule has 1 aromatic carbocycles. The Bertz CT molecular complexity index is 370. The van der Waals surface area contributed by atoms with E-state index >= 15 is 0 Å². The van der Waals surface area contributed by atoms with Crippen LogP contribution in [-0.2, 0) is 10.3 Å². The first-order valence-electron chi connectivity index (χ1n) is 6.25. The average molecular weight is 235 g/mol. The summed E-state index contributed by atoms with van der Waals surface area (Å²) in [6.07, 6.45) is 1.87. The van der Waals surface area contributed by atoms with Gasteiger partial charge in [0.2, 0.25) is 0 Å². The lowest BCUT2D eigenvalue weighted by molar-refractivity contribution is 0.0508. The highest BCUT2D eigenvalue weighted by Crippen LogP contribution is 2.35. The molecule has 0 bridgehead atoms. The summed E-state index contributed by atoms with van der Waals surface area (Å²) in [4.78, 5) is 0. The largest absolute Gasteiger partial charge is 0.491 e. The third kappa shape index (κ3) is 2.79. The van der Waals surface area contributed by atoms with Crippen molar-refractivity contribution in [3.8, 4) is 5.75 Å². The van der Waals surface area contributed by atoms with E-state index in [0.717, 1.165) is 37.4 Å². The highest BCUT2D eigenvalue weighted by atomic mass is 16.5. The first-order valence-corrected chi connectivity index (χ1v) is 6.25. The first kappa shape index (κ1) is 12.4. The molecule has 0 saturated carbocycles. The van der Waals surface area contributed by atoms with Crippen molar-refractivity contribution < 1.29 is 9.47 Å². The van der Waals surface area contributed by atoms with Gasteiger partial charge in [-0.05, 0) is 32.8 Å². The first-order chi connectivity index (χ1) is 8.12. The van der Waals surface area contributed by atoms with Crippen LogP contribution in [0, 0.1) is 0 Å². The van der Waals surface area contributed by atoms with E-state index in [2.05, 4.69) is 6.07 Å².